The average Bonchev–Trinajstić information content (AvgIpc) is 3.15. The first-order valence-electron chi connectivity index (χ1n) is 10.5. The van der Waals surface area contributed by atoms with Crippen LogP contribution in [0.4, 0.5) is 0 Å². The molecular formula is C24H23N5O3. The van der Waals surface area contributed by atoms with Crippen LogP contribution in [-0.4, -0.2) is 38.3 Å². The maximum absolute atomic E-state index is 13.6. The Balaban J connectivity index is 1.97. The highest BCUT2D eigenvalue weighted by Gasteiger charge is 2.23. The van der Waals surface area contributed by atoms with Crippen molar-refractivity contribution in [2.75, 3.05) is 14.2 Å². The highest BCUT2D eigenvalue weighted by molar-refractivity contribution is 6.06. The Labute approximate surface area is 184 Å². The molecule has 0 fully saturated rings. The summed E-state index contributed by atoms with van der Waals surface area (Å²) in [5.74, 6) is 1.24. The number of nitrogens with zero attached hydrogens (tertiary/aromatic N) is 5. The normalized spacial score (nSPS) is 12.5. The van der Waals surface area contributed by atoms with Gasteiger partial charge in [-0.2, -0.15) is 0 Å². The molecule has 1 atom stereocenters. The van der Waals surface area contributed by atoms with E-state index in [-0.39, 0.29) is 11.6 Å². The summed E-state index contributed by atoms with van der Waals surface area (Å²) in [5.41, 5.74) is 3.58. The molecule has 8 nitrogen and oxygen atoms in total. The van der Waals surface area contributed by atoms with Crippen LogP contribution in [0.5, 0.6) is 11.5 Å². The van der Waals surface area contributed by atoms with Gasteiger partial charge in [0.1, 0.15) is 28.7 Å². The van der Waals surface area contributed by atoms with E-state index in [0.717, 1.165) is 17.5 Å². The van der Waals surface area contributed by atoms with E-state index in [2.05, 4.69) is 0 Å². The van der Waals surface area contributed by atoms with Crippen molar-refractivity contribution >= 4 is 33.2 Å². The molecule has 3 heterocycles. The molecule has 5 rings (SSSR count). The first kappa shape index (κ1) is 20.0. The van der Waals surface area contributed by atoms with Crippen LogP contribution in [0.1, 0.15) is 26.3 Å². The van der Waals surface area contributed by atoms with Gasteiger partial charge in [0.2, 0.25) is 0 Å². The monoisotopic (exact) mass is 429 g/mol. The SMILES string of the molecule is CCC(C)n1cnc2c(c1=O)c1nc3ccccc3nc1n2-c1ccc(OC)cc1OC. The Morgan fingerprint density at radius 3 is 2.44 bits per heavy atom. The molecule has 0 saturated heterocycles. The van der Waals surface area contributed by atoms with Crippen LogP contribution in [-0.2, 0) is 0 Å². The lowest BCUT2D eigenvalue weighted by Gasteiger charge is -2.14. The second kappa shape index (κ2) is 7.64. The van der Waals surface area contributed by atoms with E-state index >= 15 is 0 Å². The Morgan fingerprint density at radius 2 is 1.75 bits per heavy atom. The zero-order valence-electron chi connectivity index (χ0n) is 18.4. The summed E-state index contributed by atoms with van der Waals surface area (Å²) in [6, 6.07) is 13.1. The molecule has 0 saturated carbocycles. The topological polar surface area (TPSA) is 84.1 Å². The van der Waals surface area contributed by atoms with E-state index in [0.29, 0.717) is 39.4 Å². The third-order valence-electron chi connectivity index (χ3n) is 5.88. The first-order chi connectivity index (χ1) is 15.6. The molecule has 1 unspecified atom stereocenters. The molecule has 0 aliphatic heterocycles. The maximum Gasteiger partial charge on any atom is 0.265 e. The van der Waals surface area contributed by atoms with Crippen LogP contribution < -0.4 is 15.0 Å². The Morgan fingerprint density at radius 1 is 1.00 bits per heavy atom. The van der Waals surface area contributed by atoms with Crippen LogP contribution in [0.3, 0.4) is 0 Å². The summed E-state index contributed by atoms with van der Waals surface area (Å²) >= 11 is 0. The fourth-order valence-corrected chi connectivity index (χ4v) is 3.96. The molecule has 3 aromatic heterocycles. The average molecular weight is 429 g/mol. The predicted molar refractivity (Wildman–Crippen MR) is 124 cm³/mol. The van der Waals surface area contributed by atoms with E-state index in [1.54, 1.807) is 31.2 Å². The molecule has 2 aromatic carbocycles. The van der Waals surface area contributed by atoms with Gasteiger partial charge in [0.25, 0.3) is 5.56 Å². The molecule has 0 amide bonds. The van der Waals surface area contributed by atoms with Crippen LogP contribution in [0, 0.1) is 0 Å². The zero-order chi connectivity index (χ0) is 22.4. The molecule has 0 radical (unpaired) electrons. The fourth-order valence-electron chi connectivity index (χ4n) is 3.96. The molecule has 162 valence electrons. The fraction of sp³-hybridized carbons (Fsp3) is 0.250. The van der Waals surface area contributed by atoms with Crippen molar-refractivity contribution in [2.24, 2.45) is 0 Å². The van der Waals surface area contributed by atoms with Gasteiger partial charge in [-0.3, -0.25) is 13.9 Å². The summed E-state index contributed by atoms with van der Waals surface area (Å²) in [5, 5.41) is 0.443. The molecule has 8 heteroatoms. The molecular weight excluding hydrogens is 406 g/mol. The minimum Gasteiger partial charge on any atom is -0.497 e. The van der Waals surface area contributed by atoms with Crippen molar-refractivity contribution in [3.63, 3.8) is 0 Å². The highest BCUT2D eigenvalue weighted by Crippen LogP contribution is 2.34. The Bertz CT molecular complexity index is 1540. The van der Waals surface area contributed by atoms with Gasteiger partial charge in [0.15, 0.2) is 11.3 Å². The molecule has 32 heavy (non-hydrogen) atoms. The van der Waals surface area contributed by atoms with Crippen molar-refractivity contribution in [3.8, 4) is 17.2 Å². The van der Waals surface area contributed by atoms with Crippen molar-refractivity contribution in [2.45, 2.75) is 26.3 Å². The van der Waals surface area contributed by atoms with Crippen LogP contribution >= 0.6 is 0 Å². The zero-order valence-corrected chi connectivity index (χ0v) is 18.4. The summed E-state index contributed by atoms with van der Waals surface area (Å²) in [4.78, 5) is 28.0. The number of hydrogen-bond acceptors (Lipinski definition) is 6. The van der Waals surface area contributed by atoms with Gasteiger partial charge in [-0.25, -0.2) is 15.0 Å². The smallest absolute Gasteiger partial charge is 0.265 e. The van der Waals surface area contributed by atoms with Crippen LogP contribution in [0.25, 0.3) is 38.9 Å². The molecule has 0 aliphatic rings. The van der Waals surface area contributed by atoms with E-state index in [1.165, 1.54) is 0 Å². The quantitative estimate of drug-likeness (QED) is 0.415. The Kier molecular flexibility index (Phi) is 4.77. The standard InChI is InChI=1S/C24H23N5O3/c1-5-14(2)28-13-25-22-20(24(28)30)21-23(27-17-9-7-6-8-16(17)26-21)29(22)18-11-10-15(31-3)12-19(18)32-4/h6-14H,5H2,1-4H3. The molecule has 5 aromatic rings. The molecule has 0 spiro atoms. The van der Waals surface area contributed by atoms with Crippen molar-refractivity contribution in [3.05, 3.63) is 59.1 Å². The third-order valence-corrected chi connectivity index (χ3v) is 5.88. The largest absolute Gasteiger partial charge is 0.497 e. The lowest BCUT2D eigenvalue weighted by atomic mass is 10.2. The van der Waals surface area contributed by atoms with Gasteiger partial charge in [0.05, 0.1) is 30.9 Å². The van der Waals surface area contributed by atoms with E-state index in [1.807, 2.05) is 54.8 Å². The highest BCUT2D eigenvalue weighted by atomic mass is 16.5. The summed E-state index contributed by atoms with van der Waals surface area (Å²) in [6.07, 6.45) is 2.41. The number of aromatic nitrogens is 5. The number of benzene rings is 2. The molecule has 0 bridgehead atoms. The molecule has 0 aliphatic carbocycles. The second-order valence-corrected chi connectivity index (χ2v) is 7.67. The number of methoxy groups -OCH3 is 2. The maximum atomic E-state index is 13.6. The summed E-state index contributed by atoms with van der Waals surface area (Å²) in [7, 11) is 3.20. The molecule has 0 N–H and O–H groups in total. The Hall–Kier alpha value is -3.94. The van der Waals surface area contributed by atoms with Gasteiger partial charge in [0, 0.05) is 12.1 Å². The van der Waals surface area contributed by atoms with Crippen molar-refractivity contribution in [1.29, 1.82) is 0 Å². The lowest BCUT2D eigenvalue weighted by Crippen LogP contribution is -2.23. The van der Waals surface area contributed by atoms with Gasteiger partial charge in [-0.05, 0) is 37.6 Å². The minimum absolute atomic E-state index is 0.0155. The number of rotatable bonds is 5. The number of ether oxygens (including phenoxy) is 2. The van der Waals surface area contributed by atoms with Crippen LogP contribution in [0.2, 0.25) is 0 Å². The van der Waals surface area contributed by atoms with E-state index in [4.69, 9.17) is 24.4 Å². The van der Waals surface area contributed by atoms with E-state index < -0.39 is 0 Å². The summed E-state index contributed by atoms with van der Waals surface area (Å²) in [6.45, 7) is 4.04. The first-order valence-corrected chi connectivity index (χ1v) is 10.5. The third kappa shape index (κ3) is 2.90. The number of hydrogen-bond donors (Lipinski definition) is 0. The van der Waals surface area contributed by atoms with Gasteiger partial charge < -0.3 is 9.47 Å². The number of para-hydroxylation sites is 2. The number of fused-ring (bicyclic) bond motifs is 4. The van der Waals surface area contributed by atoms with E-state index in [9.17, 15) is 4.79 Å². The minimum atomic E-state index is -0.134. The summed E-state index contributed by atoms with van der Waals surface area (Å²) < 4.78 is 14.5. The van der Waals surface area contributed by atoms with Gasteiger partial charge in [-0.1, -0.05) is 19.1 Å². The van der Waals surface area contributed by atoms with Crippen LogP contribution in [0.15, 0.2) is 53.6 Å². The van der Waals surface area contributed by atoms with Gasteiger partial charge >= 0.3 is 0 Å². The van der Waals surface area contributed by atoms with Crippen molar-refractivity contribution < 1.29 is 9.47 Å². The van der Waals surface area contributed by atoms with Gasteiger partial charge in [-0.15, -0.1) is 0 Å². The second-order valence-electron chi connectivity index (χ2n) is 7.67. The predicted octanol–water partition coefficient (Wildman–Crippen LogP) is 4.27. The lowest BCUT2D eigenvalue weighted by molar-refractivity contribution is 0.393. The van der Waals surface area contributed by atoms with Crippen molar-refractivity contribution in [1.82, 2.24) is 24.1 Å².